The van der Waals surface area contributed by atoms with Gasteiger partial charge in [0.2, 0.25) is 0 Å². The fraction of sp³-hybridized carbons (Fsp3) is 0.417. The third kappa shape index (κ3) is 1.96. The number of para-hydroxylation sites is 1. The lowest BCUT2D eigenvalue weighted by Crippen LogP contribution is -2.14. The van der Waals surface area contributed by atoms with Gasteiger partial charge in [0.15, 0.2) is 0 Å². The Labute approximate surface area is 89.3 Å². The summed E-state index contributed by atoms with van der Waals surface area (Å²) < 4.78 is 0. The average molecular weight is 205 g/mol. The number of hydrogen-bond acceptors (Lipinski definition) is 2. The smallest absolute Gasteiger partial charge is 0.303 e. The summed E-state index contributed by atoms with van der Waals surface area (Å²) in [5.41, 5.74) is 3.76. The van der Waals surface area contributed by atoms with Crippen LogP contribution in [-0.4, -0.2) is 24.7 Å². The molecule has 15 heavy (non-hydrogen) atoms. The number of fused-ring (bicyclic) bond motifs is 1. The third-order valence-corrected chi connectivity index (χ3v) is 2.91. The molecule has 0 aromatic heterocycles. The van der Waals surface area contributed by atoms with Crippen molar-refractivity contribution in [2.24, 2.45) is 0 Å². The van der Waals surface area contributed by atoms with Gasteiger partial charge in [-0.2, -0.15) is 0 Å². The molecule has 1 N–H and O–H groups in total. The zero-order valence-electron chi connectivity index (χ0n) is 8.86. The highest BCUT2D eigenvalue weighted by Crippen LogP contribution is 2.31. The Balaban J connectivity index is 2.24. The van der Waals surface area contributed by atoms with Gasteiger partial charge in [0.05, 0.1) is 0 Å². The molecule has 80 valence electrons. The van der Waals surface area contributed by atoms with Gasteiger partial charge in [0.25, 0.3) is 0 Å². The predicted octanol–water partition coefficient (Wildman–Crippen LogP) is 1.70. The third-order valence-electron chi connectivity index (χ3n) is 2.91. The van der Waals surface area contributed by atoms with Crippen LogP contribution in [0, 0.1) is 0 Å². The number of nitrogens with zero attached hydrogens (tertiary/aromatic N) is 1. The van der Waals surface area contributed by atoms with Crippen molar-refractivity contribution < 1.29 is 9.90 Å². The van der Waals surface area contributed by atoms with Gasteiger partial charge in [0, 0.05) is 25.7 Å². The van der Waals surface area contributed by atoms with Crippen molar-refractivity contribution in [1.82, 2.24) is 0 Å². The highest BCUT2D eigenvalue weighted by atomic mass is 16.4. The normalized spacial score (nSPS) is 14.1. The number of carboxylic acid groups (broad SMARTS) is 1. The molecule has 1 aliphatic rings. The van der Waals surface area contributed by atoms with E-state index >= 15 is 0 Å². The minimum Gasteiger partial charge on any atom is -0.481 e. The molecule has 1 aromatic carbocycles. The number of benzene rings is 1. The molecule has 0 saturated carbocycles. The maximum Gasteiger partial charge on any atom is 0.303 e. The SMILES string of the molecule is CN1CCc2cccc(CCC(=O)O)c21. The van der Waals surface area contributed by atoms with Crippen LogP contribution in [0.3, 0.4) is 0 Å². The van der Waals surface area contributed by atoms with Gasteiger partial charge in [-0.1, -0.05) is 18.2 Å². The summed E-state index contributed by atoms with van der Waals surface area (Å²) in [5.74, 6) is -0.728. The molecule has 0 amide bonds. The summed E-state index contributed by atoms with van der Waals surface area (Å²) in [4.78, 5) is 12.8. The molecule has 0 bridgehead atoms. The molecule has 0 spiro atoms. The molecule has 0 atom stereocenters. The molecule has 3 heteroatoms. The summed E-state index contributed by atoms with van der Waals surface area (Å²) >= 11 is 0. The van der Waals surface area contributed by atoms with Crippen LogP contribution in [-0.2, 0) is 17.6 Å². The summed E-state index contributed by atoms with van der Waals surface area (Å²) in [5, 5.41) is 8.68. The lowest BCUT2D eigenvalue weighted by molar-refractivity contribution is -0.136. The predicted molar refractivity (Wildman–Crippen MR) is 59.4 cm³/mol. The number of aryl methyl sites for hydroxylation is 1. The van der Waals surface area contributed by atoms with Gasteiger partial charge in [-0.05, 0) is 24.0 Å². The summed E-state index contributed by atoms with van der Waals surface area (Å²) in [6.07, 6.45) is 1.92. The Morgan fingerprint density at radius 2 is 2.33 bits per heavy atom. The maximum absolute atomic E-state index is 10.5. The van der Waals surface area contributed by atoms with Crippen LogP contribution >= 0.6 is 0 Å². The fourth-order valence-corrected chi connectivity index (χ4v) is 2.18. The first-order valence-corrected chi connectivity index (χ1v) is 5.22. The van der Waals surface area contributed by atoms with Crippen LogP contribution in [0.5, 0.6) is 0 Å². The van der Waals surface area contributed by atoms with E-state index in [1.807, 2.05) is 12.1 Å². The van der Waals surface area contributed by atoms with Crippen LogP contribution < -0.4 is 4.90 Å². The second kappa shape index (κ2) is 3.93. The minimum atomic E-state index is -0.728. The van der Waals surface area contributed by atoms with E-state index in [4.69, 9.17) is 5.11 Å². The number of rotatable bonds is 3. The van der Waals surface area contributed by atoms with E-state index in [0.717, 1.165) is 18.5 Å². The van der Waals surface area contributed by atoms with Crippen LogP contribution in [0.1, 0.15) is 17.5 Å². The Morgan fingerprint density at radius 1 is 1.53 bits per heavy atom. The van der Waals surface area contributed by atoms with E-state index in [9.17, 15) is 4.79 Å². The van der Waals surface area contributed by atoms with E-state index in [2.05, 4.69) is 18.0 Å². The van der Waals surface area contributed by atoms with Crippen molar-refractivity contribution in [3.63, 3.8) is 0 Å². The number of likely N-dealkylation sites (N-methyl/N-ethyl adjacent to an activating group) is 1. The second-order valence-corrected chi connectivity index (χ2v) is 3.99. The molecule has 0 radical (unpaired) electrons. The molecule has 0 aliphatic carbocycles. The van der Waals surface area contributed by atoms with Crippen molar-refractivity contribution in [1.29, 1.82) is 0 Å². The second-order valence-electron chi connectivity index (χ2n) is 3.99. The van der Waals surface area contributed by atoms with Crippen molar-refractivity contribution in [3.05, 3.63) is 29.3 Å². The van der Waals surface area contributed by atoms with E-state index in [1.165, 1.54) is 11.3 Å². The molecular formula is C12H15NO2. The summed E-state index contributed by atoms with van der Waals surface area (Å²) in [7, 11) is 2.07. The minimum absolute atomic E-state index is 0.213. The molecule has 1 aromatic rings. The number of hydrogen-bond donors (Lipinski definition) is 1. The molecule has 1 heterocycles. The van der Waals surface area contributed by atoms with Crippen molar-refractivity contribution in [2.45, 2.75) is 19.3 Å². The average Bonchev–Trinajstić information content (AvgIpc) is 2.58. The van der Waals surface area contributed by atoms with Gasteiger partial charge < -0.3 is 10.0 Å². The zero-order valence-corrected chi connectivity index (χ0v) is 8.86. The van der Waals surface area contributed by atoms with Gasteiger partial charge in [-0.3, -0.25) is 4.79 Å². The molecule has 0 saturated heterocycles. The number of aliphatic carboxylic acids is 1. The lowest BCUT2D eigenvalue weighted by atomic mass is 10.0. The lowest BCUT2D eigenvalue weighted by Gasteiger charge is -2.16. The molecule has 2 rings (SSSR count). The monoisotopic (exact) mass is 205 g/mol. The maximum atomic E-state index is 10.5. The van der Waals surface area contributed by atoms with Crippen molar-refractivity contribution in [2.75, 3.05) is 18.5 Å². The first kappa shape index (κ1) is 10.0. The quantitative estimate of drug-likeness (QED) is 0.816. The Hall–Kier alpha value is -1.51. The first-order valence-electron chi connectivity index (χ1n) is 5.22. The molecular weight excluding hydrogens is 190 g/mol. The number of anilines is 1. The Kier molecular flexibility index (Phi) is 2.62. The van der Waals surface area contributed by atoms with Crippen LogP contribution in [0.2, 0.25) is 0 Å². The van der Waals surface area contributed by atoms with E-state index in [0.29, 0.717) is 6.42 Å². The van der Waals surface area contributed by atoms with E-state index in [-0.39, 0.29) is 6.42 Å². The number of carboxylic acids is 1. The molecule has 0 unspecified atom stereocenters. The Bertz CT molecular complexity index is 387. The molecule has 3 nitrogen and oxygen atoms in total. The fourth-order valence-electron chi connectivity index (χ4n) is 2.18. The van der Waals surface area contributed by atoms with Crippen LogP contribution in [0.15, 0.2) is 18.2 Å². The van der Waals surface area contributed by atoms with E-state index in [1.54, 1.807) is 0 Å². The summed E-state index contributed by atoms with van der Waals surface area (Å²) in [6.45, 7) is 1.04. The summed E-state index contributed by atoms with van der Waals surface area (Å²) in [6, 6.07) is 6.18. The first-order chi connectivity index (χ1) is 7.18. The molecule has 0 fully saturated rings. The van der Waals surface area contributed by atoms with E-state index < -0.39 is 5.97 Å². The van der Waals surface area contributed by atoms with Gasteiger partial charge >= 0.3 is 5.97 Å². The van der Waals surface area contributed by atoms with Crippen LogP contribution in [0.25, 0.3) is 0 Å². The van der Waals surface area contributed by atoms with Crippen LogP contribution in [0.4, 0.5) is 5.69 Å². The van der Waals surface area contributed by atoms with Crippen molar-refractivity contribution in [3.8, 4) is 0 Å². The van der Waals surface area contributed by atoms with Gasteiger partial charge in [0.1, 0.15) is 0 Å². The number of carbonyl (C=O) groups is 1. The molecule has 1 aliphatic heterocycles. The zero-order chi connectivity index (χ0) is 10.8. The van der Waals surface area contributed by atoms with Crippen molar-refractivity contribution >= 4 is 11.7 Å². The standard InChI is InChI=1S/C12H15NO2/c1-13-8-7-10-4-2-3-9(12(10)13)5-6-11(14)15/h2-4H,5-8H2,1H3,(H,14,15). The van der Waals surface area contributed by atoms with Gasteiger partial charge in [-0.15, -0.1) is 0 Å². The largest absolute Gasteiger partial charge is 0.481 e. The topological polar surface area (TPSA) is 40.5 Å². The highest BCUT2D eigenvalue weighted by Gasteiger charge is 2.18. The van der Waals surface area contributed by atoms with Gasteiger partial charge in [-0.25, -0.2) is 0 Å². The Morgan fingerprint density at radius 3 is 3.07 bits per heavy atom. The highest BCUT2D eigenvalue weighted by molar-refractivity contribution is 5.69.